The number of likely N-dealkylation sites (tertiary alicyclic amines) is 1. The van der Waals surface area contributed by atoms with E-state index < -0.39 is 11.7 Å². The topological polar surface area (TPSA) is 49.8 Å². The van der Waals surface area contributed by atoms with Crippen molar-refractivity contribution in [3.05, 3.63) is 34.9 Å². The second kappa shape index (κ2) is 6.99. The third kappa shape index (κ3) is 4.00. The fourth-order valence-corrected chi connectivity index (χ4v) is 3.00. The molecular formula is C17H24ClNO3. The Labute approximate surface area is 137 Å². The van der Waals surface area contributed by atoms with Gasteiger partial charge in [0.25, 0.3) is 5.91 Å². The maximum absolute atomic E-state index is 12.3. The van der Waals surface area contributed by atoms with Gasteiger partial charge < -0.3 is 14.7 Å². The zero-order valence-electron chi connectivity index (χ0n) is 13.4. The summed E-state index contributed by atoms with van der Waals surface area (Å²) in [6, 6.07) is 7.27. The molecule has 1 heterocycles. The Morgan fingerprint density at radius 1 is 1.23 bits per heavy atom. The maximum Gasteiger partial charge on any atom is 0.251 e. The van der Waals surface area contributed by atoms with Crippen LogP contribution in [0.25, 0.3) is 0 Å². The lowest BCUT2D eigenvalue weighted by atomic mass is 9.84. The summed E-state index contributed by atoms with van der Waals surface area (Å²) in [4.78, 5) is 14.1. The largest absolute Gasteiger partial charge is 0.385 e. The van der Waals surface area contributed by atoms with Crippen LogP contribution in [0.5, 0.6) is 0 Å². The minimum atomic E-state index is -0.885. The van der Waals surface area contributed by atoms with Crippen LogP contribution in [0.15, 0.2) is 24.3 Å². The number of amides is 1. The number of carbonyl (C=O) groups excluding carboxylic acids is 1. The van der Waals surface area contributed by atoms with E-state index in [-0.39, 0.29) is 12.0 Å². The zero-order valence-corrected chi connectivity index (χ0v) is 14.1. The van der Waals surface area contributed by atoms with Crippen molar-refractivity contribution in [3.63, 3.8) is 0 Å². The summed E-state index contributed by atoms with van der Waals surface area (Å²) in [6.07, 6.45) is 0.625. The van der Waals surface area contributed by atoms with E-state index in [4.69, 9.17) is 16.3 Å². The fourth-order valence-electron chi connectivity index (χ4n) is 2.87. The van der Waals surface area contributed by atoms with Crippen molar-refractivity contribution in [1.82, 2.24) is 4.90 Å². The van der Waals surface area contributed by atoms with E-state index in [9.17, 15) is 9.90 Å². The van der Waals surface area contributed by atoms with Gasteiger partial charge in [-0.1, -0.05) is 23.7 Å². The van der Waals surface area contributed by atoms with E-state index in [0.717, 1.165) is 5.56 Å². The first kappa shape index (κ1) is 17.3. The number of carbonyl (C=O) groups is 1. The van der Waals surface area contributed by atoms with Crippen molar-refractivity contribution >= 4 is 17.5 Å². The van der Waals surface area contributed by atoms with E-state index in [0.29, 0.717) is 31.0 Å². The molecule has 1 saturated heterocycles. The number of halogens is 1. The van der Waals surface area contributed by atoms with Crippen LogP contribution in [-0.2, 0) is 15.1 Å². The van der Waals surface area contributed by atoms with Gasteiger partial charge in [0.05, 0.1) is 11.7 Å². The number of hydrogen-bond donors (Lipinski definition) is 1. The van der Waals surface area contributed by atoms with Crippen molar-refractivity contribution in [2.45, 2.75) is 51.4 Å². The summed E-state index contributed by atoms with van der Waals surface area (Å²) in [5.41, 5.74) is -0.0285. The standard InChI is InChI=1S/C17H24ClNO3/c1-12(2)22-13(3)16(20)19-10-8-17(21,9-11-19)14-4-6-15(18)7-5-14/h4-7,12-13,21H,8-11H2,1-3H3/t13-/m0/s1. The van der Waals surface area contributed by atoms with Crippen molar-refractivity contribution in [2.75, 3.05) is 13.1 Å². The normalized spacial score (nSPS) is 19.3. The minimum Gasteiger partial charge on any atom is -0.385 e. The Morgan fingerprint density at radius 2 is 1.77 bits per heavy atom. The Hall–Kier alpha value is -1.10. The number of nitrogens with zero attached hydrogens (tertiary/aromatic N) is 1. The van der Waals surface area contributed by atoms with Crippen LogP contribution in [0.3, 0.4) is 0 Å². The van der Waals surface area contributed by atoms with Gasteiger partial charge in [-0.05, 0) is 51.3 Å². The van der Waals surface area contributed by atoms with Crippen LogP contribution >= 0.6 is 11.6 Å². The Morgan fingerprint density at radius 3 is 2.27 bits per heavy atom. The Balaban J connectivity index is 1.97. The smallest absolute Gasteiger partial charge is 0.251 e. The lowest BCUT2D eigenvalue weighted by molar-refractivity contribution is -0.149. The summed E-state index contributed by atoms with van der Waals surface area (Å²) in [5.74, 6) is -0.00754. The lowest BCUT2D eigenvalue weighted by Crippen LogP contribution is -2.48. The third-order valence-electron chi connectivity index (χ3n) is 4.11. The molecule has 0 spiro atoms. The van der Waals surface area contributed by atoms with Crippen molar-refractivity contribution in [3.8, 4) is 0 Å². The first-order chi connectivity index (χ1) is 10.3. The molecule has 1 fully saturated rings. The summed E-state index contributed by atoms with van der Waals surface area (Å²) in [5, 5.41) is 11.5. The highest BCUT2D eigenvalue weighted by Crippen LogP contribution is 2.33. The van der Waals surface area contributed by atoms with Crippen LogP contribution in [-0.4, -0.2) is 41.2 Å². The quantitative estimate of drug-likeness (QED) is 0.926. The van der Waals surface area contributed by atoms with Gasteiger partial charge in [0.2, 0.25) is 0 Å². The summed E-state index contributed by atoms with van der Waals surface area (Å²) >= 11 is 5.89. The predicted molar refractivity (Wildman–Crippen MR) is 86.8 cm³/mol. The van der Waals surface area contributed by atoms with Gasteiger partial charge in [0.1, 0.15) is 6.10 Å². The molecule has 0 bridgehead atoms. The van der Waals surface area contributed by atoms with Crippen LogP contribution in [0.1, 0.15) is 39.2 Å². The predicted octanol–water partition coefficient (Wildman–Crippen LogP) is 2.96. The zero-order chi connectivity index (χ0) is 16.3. The number of aliphatic hydroxyl groups is 1. The maximum atomic E-state index is 12.3. The molecule has 0 saturated carbocycles. The van der Waals surface area contributed by atoms with Crippen molar-refractivity contribution in [2.24, 2.45) is 0 Å². The first-order valence-corrected chi connectivity index (χ1v) is 8.12. The average Bonchev–Trinajstić information content (AvgIpc) is 2.47. The highest BCUT2D eigenvalue weighted by Gasteiger charge is 2.36. The van der Waals surface area contributed by atoms with Crippen molar-refractivity contribution < 1.29 is 14.6 Å². The minimum absolute atomic E-state index is 0.00754. The summed E-state index contributed by atoms with van der Waals surface area (Å²) in [7, 11) is 0. The number of benzene rings is 1. The lowest BCUT2D eigenvalue weighted by Gasteiger charge is -2.39. The van der Waals surface area contributed by atoms with Crippen LogP contribution in [0, 0.1) is 0 Å². The number of piperidine rings is 1. The number of ether oxygens (including phenoxy) is 1. The van der Waals surface area contributed by atoms with Gasteiger partial charge in [0, 0.05) is 18.1 Å². The van der Waals surface area contributed by atoms with Crippen LogP contribution < -0.4 is 0 Å². The van der Waals surface area contributed by atoms with Crippen LogP contribution in [0.2, 0.25) is 5.02 Å². The molecule has 0 aliphatic carbocycles. The van der Waals surface area contributed by atoms with Gasteiger partial charge in [-0.2, -0.15) is 0 Å². The molecule has 1 aliphatic rings. The monoisotopic (exact) mass is 325 g/mol. The molecule has 1 amide bonds. The molecule has 0 unspecified atom stereocenters. The van der Waals surface area contributed by atoms with E-state index in [1.807, 2.05) is 26.0 Å². The fraction of sp³-hybridized carbons (Fsp3) is 0.588. The molecule has 122 valence electrons. The van der Waals surface area contributed by atoms with Gasteiger partial charge in [-0.15, -0.1) is 0 Å². The van der Waals surface area contributed by atoms with E-state index in [2.05, 4.69) is 0 Å². The average molecular weight is 326 g/mol. The highest BCUT2D eigenvalue weighted by atomic mass is 35.5. The van der Waals surface area contributed by atoms with Gasteiger partial charge in [0.15, 0.2) is 0 Å². The third-order valence-corrected chi connectivity index (χ3v) is 4.36. The van der Waals surface area contributed by atoms with E-state index >= 15 is 0 Å². The highest BCUT2D eigenvalue weighted by molar-refractivity contribution is 6.30. The molecule has 1 aromatic rings. The van der Waals surface area contributed by atoms with E-state index in [1.54, 1.807) is 24.0 Å². The van der Waals surface area contributed by atoms with Gasteiger partial charge in [-0.25, -0.2) is 0 Å². The first-order valence-electron chi connectivity index (χ1n) is 7.74. The molecule has 0 radical (unpaired) electrons. The summed E-state index contributed by atoms with van der Waals surface area (Å²) in [6.45, 7) is 6.67. The SMILES string of the molecule is CC(C)O[C@@H](C)C(=O)N1CCC(O)(c2ccc(Cl)cc2)CC1. The van der Waals surface area contributed by atoms with Crippen LogP contribution in [0.4, 0.5) is 0 Å². The molecule has 1 atom stereocenters. The second-order valence-electron chi connectivity index (χ2n) is 6.19. The molecule has 1 aromatic carbocycles. The molecule has 1 aliphatic heterocycles. The molecule has 22 heavy (non-hydrogen) atoms. The molecule has 5 heteroatoms. The molecule has 2 rings (SSSR count). The summed E-state index contributed by atoms with van der Waals surface area (Å²) < 4.78 is 5.55. The second-order valence-corrected chi connectivity index (χ2v) is 6.63. The van der Waals surface area contributed by atoms with Gasteiger partial charge in [-0.3, -0.25) is 4.79 Å². The number of rotatable bonds is 4. The Bertz CT molecular complexity index is 507. The molecule has 0 aromatic heterocycles. The number of hydrogen-bond acceptors (Lipinski definition) is 3. The molecule has 1 N–H and O–H groups in total. The van der Waals surface area contributed by atoms with Gasteiger partial charge >= 0.3 is 0 Å². The van der Waals surface area contributed by atoms with E-state index in [1.165, 1.54) is 0 Å². The Kier molecular flexibility index (Phi) is 5.48. The molecular weight excluding hydrogens is 302 g/mol. The molecule has 4 nitrogen and oxygen atoms in total. The van der Waals surface area contributed by atoms with Crippen molar-refractivity contribution in [1.29, 1.82) is 0 Å².